The van der Waals surface area contributed by atoms with Crippen LogP contribution in [0.3, 0.4) is 0 Å². The van der Waals surface area contributed by atoms with Gasteiger partial charge in [0.25, 0.3) is 0 Å². The standard InChI is InChI=1S/C16H13F3N4O2S/c17-16(18,19)11-3-1-2-10(8-11)15-20-14-7-4-12(9-23(14)21-15)22-26(24,25)13-5-6-13/h1-4,7-9,13,22H,5-6H2. The smallest absolute Gasteiger partial charge is 0.282 e. The van der Waals surface area contributed by atoms with Crippen LogP contribution in [0.25, 0.3) is 17.0 Å². The van der Waals surface area contributed by atoms with Crippen molar-refractivity contribution in [2.45, 2.75) is 24.3 Å². The minimum absolute atomic E-state index is 0.123. The Balaban J connectivity index is 1.68. The van der Waals surface area contributed by atoms with E-state index in [0.717, 1.165) is 12.1 Å². The minimum atomic E-state index is -4.45. The summed E-state index contributed by atoms with van der Waals surface area (Å²) in [5.74, 6) is 0.123. The summed E-state index contributed by atoms with van der Waals surface area (Å²) in [4.78, 5) is 4.20. The van der Waals surface area contributed by atoms with Crippen molar-refractivity contribution in [1.82, 2.24) is 14.6 Å². The maximum Gasteiger partial charge on any atom is 0.416 e. The summed E-state index contributed by atoms with van der Waals surface area (Å²) < 4.78 is 66.4. The molecule has 1 saturated carbocycles. The molecule has 1 aliphatic rings. The zero-order valence-electron chi connectivity index (χ0n) is 13.2. The lowest BCUT2D eigenvalue weighted by Crippen LogP contribution is -2.17. The molecule has 1 aliphatic carbocycles. The third kappa shape index (κ3) is 3.24. The number of fused-ring (bicyclic) bond motifs is 1. The normalized spacial score (nSPS) is 15.3. The van der Waals surface area contributed by atoms with E-state index in [9.17, 15) is 21.6 Å². The van der Waals surface area contributed by atoms with E-state index in [-0.39, 0.29) is 16.6 Å². The Morgan fingerprint density at radius 2 is 1.92 bits per heavy atom. The van der Waals surface area contributed by atoms with Crippen LogP contribution in [0.15, 0.2) is 42.6 Å². The highest BCUT2D eigenvalue weighted by molar-refractivity contribution is 7.93. The molecule has 0 spiro atoms. The molecule has 1 fully saturated rings. The van der Waals surface area contributed by atoms with Crippen LogP contribution in [0, 0.1) is 0 Å². The molecule has 1 N–H and O–H groups in total. The molecule has 26 heavy (non-hydrogen) atoms. The van der Waals surface area contributed by atoms with Crippen LogP contribution < -0.4 is 4.72 Å². The van der Waals surface area contributed by atoms with Crippen molar-refractivity contribution >= 4 is 21.4 Å². The molecule has 4 rings (SSSR count). The second-order valence-corrected chi connectivity index (χ2v) is 8.04. The summed E-state index contributed by atoms with van der Waals surface area (Å²) in [6.45, 7) is 0. The monoisotopic (exact) mass is 382 g/mol. The molecule has 0 amide bonds. The van der Waals surface area contributed by atoms with Crippen molar-refractivity contribution in [2.24, 2.45) is 0 Å². The number of hydrogen-bond acceptors (Lipinski definition) is 4. The van der Waals surface area contributed by atoms with Crippen LogP contribution in [0.4, 0.5) is 18.9 Å². The third-order valence-electron chi connectivity index (χ3n) is 4.00. The molecule has 0 radical (unpaired) electrons. The van der Waals surface area contributed by atoms with Crippen molar-refractivity contribution in [3.63, 3.8) is 0 Å². The second kappa shape index (κ2) is 5.70. The summed E-state index contributed by atoms with van der Waals surface area (Å²) >= 11 is 0. The number of halogens is 3. The molecule has 2 aromatic heterocycles. The van der Waals surface area contributed by atoms with Crippen LogP contribution in [0.2, 0.25) is 0 Å². The number of anilines is 1. The quantitative estimate of drug-likeness (QED) is 0.751. The Morgan fingerprint density at radius 1 is 1.15 bits per heavy atom. The molecule has 0 bridgehead atoms. The molecule has 2 heterocycles. The highest BCUT2D eigenvalue weighted by atomic mass is 32.2. The maximum absolute atomic E-state index is 12.9. The molecule has 10 heteroatoms. The lowest BCUT2D eigenvalue weighted by atomic mass is 10.1. The highest BCUT2D eigenvalue weighted by Crippen LogP contribution is 2.32. The molecule has 3 aromatic rings. The second-order valence-electron chi connectivity index (χ2n) is 6.08. The number of benzene rings is 1. The van der Waals surface area contributed by atoms with E-state index < -0.39 is 21.8 Å². The Hall–Kier alpha value is -2.62. The van der Waals surface area contributed by atoms with E-state index >= 15 is 0 Å². The summed E-state index contributed by atoms with van der Waals surface area (Å²) in [6, 6.07) is 7.82. The van der Waals surface area contributed by atoms with Gasteiger partial charge in [0.15, 0.2) is 11.5 Å². The third-order valence-corrected chi connectivity index (χ3v) is 5.87. The first-order valence-corrected chi connectivity index (χ1v) is 9.33. The fourth-order valence-corrected chi connectivity index (χ4v) is 3.90. The van der Waals surface area contributed by atoms with Gasteiger partial charge in [0.05, 0.1) is 22.7 Å². The number of nitrogens with zero attached hydrogens (tertiary/aromatic N) is 3. The Morgan fingerprint density at radius 3 is 2.62 bits per heavy atom. The van der Waals surface area contributed by atoms with Crippen LogP contribution in [0.5, 0.6) is 0 Å². The molecule has 0 atom stereocenters. The van der Waals surface area contributed by atoms with Gasteiger partial charge in [-0.3, -0.25) is 4.72 Å². The van der Waals surface area contributed by atoms with Gasteiger partial charge < -0.3 is 0 Å². The van der Waals surface area contributed by atoms with E-state index in [2.05, 4.69) is 14.8 Å². The number of rotatable bonds is 4. The zero-order valence-corrected chi connectivity index (χ0v) is 14.0. The van der Waals surface area contributed by atoms with E-state index in [0.29, 0.717) is 24.2 Å². The van der Waals surface area contributed by atoms with Gasteiger partial charge in [-0.25, -0.2) is 17.9 Å². The van der Waals surface area contributed by atoms with Crippen molar-refractivity contribution in [2.75, 3.05) is 4.72 Å². The van der Waals surface area contributed by atoms with Crippen molar-refractivity contribution in [3.05, 3.63) is 48.2 Å². The summed E-state index contributed by atoms with van der Waals surface area (Å²) in [5.41, 5.74) is 0.159. The average Bonchev–Trinajstić information content (AvgIpc) is 3.35. The maximum atomic E-state index is 12.9. The SMILES string of the molecule is O=S(=O)(Nc1ccc2nc(-c3cccc(C(F)(F)F)c3)nn2c1)C1CC1. The summed E-state index contributed by atoms with van der Waals surface area (Å²) in [6.07, 6.45) is -1.73. The number of sulfonamides is 1. The van der Waals surface area contributed by atoms with Crippen LogP contribution in [0.1, 0.15) is 18.4 Å². The van der Waals surface area contributed by atoms with Gasteiger partial charge in [-0.15, -0.1) is 5.10 Å². The van der Waals surface area contributed by atoms with Gasteiger partial charge >= 0.3 is 6.18 Å². The minimum Gasteiger partial charge on any atom is -0.282 e. The van der Waals surface area contributed by atoms with Crippen molar-refractivity contribution < 1.29 is 21.6 Å². The highest BCUT2D eigenvalue weighted by Gasteiger charge is 2.35. The van der Waals surface area contributed by atoms with E-state index in [1.165, 1.54) is 22.8 Å². The largest absolute Gasteiger partial charge is 0.416 e. The van der Waals surface area contributed by atoms with Gasteiger partial charge in [-0.05, 0) is 37.1 Å². The Bertz CT molecular complexity index is 1090. The van der Waals surface area contributed by atoms with Crippen molar-refractivity contribution in [1.29, 1.82) is 0 Å². The van der Waals surface area contributed by atoms with Gasteiger partial charge in [-0.1, -0.05) is 12.1 Å². The number of hydrogen-bond donors (Lipinski definition) is 1. The molecular formula is C16H13F3N4O2S. The first-order valence-electron chi connectivity index (χ1n) is 7.78. The number of pyridine rings is 1. The van der Waals surface area contributed by atoms with Crippen LogP contribution >= 0.6 is 0 Å². The summed E-state index contributed by atoms with van der Waals surface area (Å²) in [7, 11) is -3.41. The van der Waals surface area contributed by atoms with E-state index in [4.69, 9.17) is 0 Å². The lowest BCUT2D eigenvalue weighted by Gasteiger charge is -2.06. The molecule has 1 aromatic carbocycles. The average molecular weight is 382 g/mol. The lowest BCUT2D eigenvalue weighted by molar-refractivity contribution is -0.137. The van der Waals surface area contributed by atoms with Gasteiger partial charge in [0.1, 0.15) is 0 Å². The fraction of sp³-hybridized carbons (Fsp3) is 0.250. The molecular weight excluding hydrogens is 369 g/mol. The zero-order chi connectivity index (χ0) is 18.5. The topological polar surface area (TPSA) is 76.4 Å². The van der Waals surface area contributed by atoms with Gasteiger partial charge in [-0.2, -0.15) is 13.2 Å². The van der Waals surface area contributed by atoms with Crippen LogP contribution in [-0.4, -0.2) is 28.3 Å². The summed E-state index contributed by atoms with van der Waals surface area (Å²) in [5, 5.41) is 3.79. The van der Waals surface area contributed by atoms with Gasteiger partial charge in [0.2, 0.25) is 10.0 Å². The predicted octanol–water partition coefficient (Wildman–Crippen LogP) is 3.32. The number of nitrogens with one attached hydrogen (secondary N) is 1. The molecule has 6 nitrogen and oxygen atoms in total. The Kier molecular flexibility index (Phi) is 3.69. The van der Waals surface area contributed by atoms with E-state index in [1.54, 1.807) is 12.1 Å². The van der Waals surface area contributed by atoms with Gasteiger partial charge in [0, 0.05) is 5.56 Å². The predicted molar refractivity (Wildman–Crippen MR) is 89.0 cm³/mol. The molecule has 0 unspecified atom stereocenters. The number of aromatic nitrogens is 3. The first-order chi connectivity index (χ1) is 12.2. The molecule has 0 saturated heterocycles. The van der Waals surface area contributed by atoms with Crippen LogP contribution in [-0.2, 0) is 16.2 Å². The van der Waals surface area contributed by atoms with Crippen molar-refractivity contribution in [3.8, 4) is 11.4 Å². The molecule has 136 valence electrons. The Labute approximate surface area is 146 Å². The molecule has 0 aliphatic heterocycles. The van der Waals surface area contributed by atoms with E-state index in [1.807, 2.05) is 0 Å². The number of alkyl halides is 3. The fourth-order valence-electron chi connectivity index (χ4n) is 2.53. The first kappa shape index (κ1) is 16.8.